The lowest BCUT2D eigenvalue weighted by Crippen LogP contribution is -2.16. The number of pyridine rings is 1. The van der Waals surface area contributed by atoms with E-state index in [1.807, 2.05) is 6.07 Å². The molecule has 7 nitrogen and oxygen atoms in total. The quantitative estimate of drug-likeness (QED) is 0.717. The molecular weight excluding hydrogens is 361 g/mol. The highest BCUT2D eigenvalue weighted by atomic mass is 19.4. The number of aromatic nitrogens is 3. The van der Waals surface area contributed by atoms with E-state index in [-0.39, 0.29) is 22.5 Å². The van der Waals surface area contributed by atoms with E-state index in [9.17, 15) is 28.5 Å². The van der Waals surface area contributed by atoms with Crippen molar-refractivity contribution >= 4 is 5.82 Å². The van der Waals surface area contributed by atoms with Crippen LogP contribution in [0.15, 0.2) is 41.5 Å². The third-order valence-corrected chi connectivity index (χ3v) is 3.80. The van der Waals surface area contributed by atoms with Gasteiger partial charge in [0.05, 0.1) is 17.4 Å². The molecule has 0 saturated carbocycles. The molecule has 0 spiro atoms. The first-order valence-corrected chi connectivity index (χ1v) is 7.35. The lowest BCUT2D eigenvalue weighted by molar-refractivity contribution is -0.137. The SMILES string of the molecule is N#Cc1c(N)[nH]c(=O)c(C#N)c1-c1ccc(-n2cc(C(F)(F)F)cn2)cc1. The van der Waals surface area contributed by atoms with Crippen LogP contribution in [0.3, 0.4) is 0 Å². The third kappa shape index (κ3) is 3.12. The van der Waals surface area contributed by atoms with Crippen LogP contribution in [0.2, 0.25) is 0 Å². The molecule has 10 heteroatoms. The monoisotopic (exact) mass is 370 g/mol. The Hall–Kier alpha value is -4.05. The molecule has 0 fully saturated rings. The number of aromatic amines is 1. The van der Waals surface area contributed by atoms with Gasteiger partial charge in [0.15, 0.2) is 0 Å². The molecule has 27 heavy (non-hydrogen) atoms. The van der Waals surface area contributed by atoms with Gasteiger partial charge < -0.3 is 10.7 Å². The fourth-order valence-corrected chi connectivity index (χ4v) is 2.52. The second-order valence-electron chi connectivity index (χ2n) is 5.43. The van der Waals surface area contributed by atoms with Crippen molar-refractivity contribution in [2.24, 2.45) is 0 Å². The van der Waals surface area contributed by atoms with Crippen molar-refractivity contribution in [3.8, 4) is 29.0 Å². The Labute approximate surface area is 149 Å². The number of nitrogens with zero attached hydrogens (tertiary/aromatic N) is 4. The minimum Gasteiger partial charge on any atom is -0.384 e. The van der Waals surface area contributed by atoms with Gasteiger partial charge in [-0.2, -0.15) is 28.8 Å². The van der Waals surface area contributed by atoms with Crippen molar-refractivity contribution in [2.75, 3.05) is 5.73 Å². The zero-order valence-electron chi connectivity index (χ0n) is 13.4. The number of hydrogen-bond acceptors (Lipinski definition) is 5. The van der Waals surface area contributed by atoms with Gasteiger partial charge in [-0.15, -0.1) is 0 Å². The van der Waals surface area contributed by atoms with Crippen LogP contribution in [-0.4, -0.2) is 14.8 Å². The molecule has 1 aromatic carbocycles. The summed E-state index contributed by atoms with van der Waals surface area (Å²) in [4.78, 5) is 14.2. The number of anilines is 1. The number of rotatable bonds is 2. The van der Waals surface area contributed by atoms with Crippen LogP contribution in [0, 0.1) is 22.7 Å². The van der Waals surface area contributed by atoms with Crippen molar-refractivity contribution in [3.05, 3.63) is 63.7 Å². The van der Waals surface area contributed by atoms with E-state index in [0.29, 0.717) is 17.4 Å². The molecule has 0 radical (unpaired) electrons. The van der Waals surface area contributed by atoms with Crippen LogP contribution in [0.25, 0.3) is 16.8 Å². The van der Waals surface area contributed by atoms with Gasteiger partial charge in [0.2, 0.25) is 0 Å². The number of alkyl halides is 3. The molecule has 0 unspecified atom stereocenters. The first-order chi connectivity index (χ1) is 12.8. The largest absolute Gasteiger partial charge is 0.419 e. The number of nitrogens with one attached hydrogen (secondary N) is 1. The average Bonchev–Trinajstić information content (AvgIpc) is 3.12. The van der Waals surface area contributed by atoms with Gasteiger partial charge in [-0.25, -0.2) is 4.68 Å². The van der Waals surface area contributed by atoms with Gasteiger partial charge in [-0.05, 0) is 17.7 Å². The van der Waals surface area contributed by atoms with E-state index in [4.69, 9.17) is 5.73 Å². The predicted octanol–water partition coefficient (Wildman–Crippen LogP) is 2.57. The predicted molar refractivity (Wildman–Crippen MR) is 88.5 cm³/mol. The Kier molecular flexibility index (Phi) is 4.18. The van der Waals surface area contributed by atoms with Gasteiger partial charge >= 0.3 is 6.18 Å². The zero-order valence-corrected chi connectivity index (χ0v) is 13.4. The van der Waals surface area contributed by atoms with E-state index >= 15 is 0 Å². The highest BCUT2D eigenvalue weighted by Crippen LogP contribution is 2.31. The van der Waals surface area contributed by atoms with Crippen molar-refractivity contribution in [1.29, 1.82) is 10.5 Å². The summed E-state index contributed by atoms with van der Waals surface area (Å²) in [6, 6.07) is 9.39. The molecule has 0 amide bonds. The molecule has 0 aliphatic rings. The molecule has 3 rings (SSSR count). The maximum absolute atomic E-state index is 12.7. The summed E-state index contributed by atoms with van der Waals surface area (Å²) in [5, 5.41) is 22.2. The number of benzene rings is 1. The van der Waals surface area contributed by atoms with Gasteiger partial charge in [-0.3, -0.25) is 4.79 Å². The van der Waals surface area contributed by atoms with Gasteiger partial charge in [0.25, 0.3) is 5.56 Å². The standard InChI is InChI=1S/C17H9F3N6O/c18-17(19,20)10-7-24-26(8-10)11-3-1-9(2-4-11)14-12(5-21)15(23)25-16(27)13(14)6-22/h1-4,7-8H,(H3,23,25,27). The first-order valence-electron chi connectivity index (χ1n) is 7.35. The van der Waals surface area contributed by atoms with E-state index in [2.05, 4.69) is 10.1 Å². The van der Waals surface area contributed by atoms with E-state index in [1.165, 1.54) is 24.3 Å². The first kappa shape index (κ1) is 17.8. The number of halogens is 3. The molecule has 2 heterocycles. The summed E-state index contributed by atoms with van der Waals surface area (Å²) < 4.78 is 39.1. The van der Waals surface area contributed by atoms with Crippen molar-refractivity contribution < 1.29 is 13.2 Å². The summed E-state index contributed by atoms with van der Waals surface area (Å²) in [6.07, 6.45) is -2.97. The topological polar surface area (TPSA) is 124 Å². The second-order valence-corrected chi connectivity index (χ2v) is 5.43. The molecule has 0 aliphatic carbocycles. The second kappa shape index (κ2) is 6.35. The summed E-state index contributed by atoms with van der Waals surface area (Å²) in [5.41, 5.74) is 4.38. The highest BCUT2D eigenvalue weighted by molar-refractivity contribution is 5.80. The fraction of sp³-hybridized carbons (Fsp3) is 0.0588. The summed E-state index contributed by atoms with van der Waals surface area (Å²) in [7, 11) is 0. The molecule has 134 valence electrons. The molecule has 0 saturated heterocycles. The summed E-state index contributed by atoms with van der Waals surface area (Å²) in [6.45, 7) is 0. The van der Waals surface area contributed by atoms with E-state index in [0.717, 1.165) is 10.9 Å². The number of hydrogen-bond donors (Lipinski definition) is 2. The minimum absolute atomic E-state index is 0.0595. The van der Waals surface area contributed by atoms with E-state index in [1.54, 1.807) is 6.07 Å². The van der Waals surface area contributed by atoms with Crippen LogP contribution < -0.4 is 11.3 Å². The Balaban J connectivity index is 2.10. The Morgan fingerprint density at radius 3 is 2.26 bits per heavy atom. The van der Waals surface area contributed by atoms with Crippen LogP contribution in [-0.2, 0) is 6.18 Å². The highest BCUT2D eigenvalue weighted by Gasteiger charge is 2.32. The molecule has 2 aromatic heterocycles. The Bertz CT molecular complexity index is 1160. The number of nitrogens with two attached hydrogens (primary N) is 1. The maximum atomic E-state index is 12.7. The van der Waals surface area contributed by atoms with Crippen LogP contribution in [0.4, 0.5) is 19.0 Å². The normalized spacial score (nSPS) is 11.0. The smallest absolute Gasteiger partial charge is 0.384 e. The fourth-order valence-electron chi connectivity index (χ4n) is 2.52. The number of nitriles is 2. The lowest BCUT2D eigenvalue weighted by atomic mass is 9.96. The molecular formula is C17H9F3N6O. The van der Waals surface area contributed by atoms with Crippen molar-refractivity contribution in [3.63, 3.8) is 0 Å². The Morgan fingerprint density at radius 2 is 1.74 bits per heavy atom. The number of nitrogen functional groups attached to an aromatic ring is 1. The van der Waals surface area contributed by atoms with Gasteiger partial charge in [0.1, 0.15) is 29.1 Å². The third-order valence-electron chi connectivity index (χ3n) is 3.80. The van der Waals surface area contributed by atoms with Gasteiger partial charge in [-0.1, -0.05) is 12.1 Å². The van der Waals surface area contributed by atoms with Crippen molar-refractivity contribution in [2.45, 2.75) is 6.18 Å². The van der Waals surface area contributed by atoms with Crippen LogP contribution >= 0.6 is 0 Å². The minimum atomic E-state index is -4.51. The molecule has 3 N–H and O–H groups in total. The summed E-state index contributed by atoms with van der Waals surface area (Å²) in [5.74, 6) is -0.178. The molecule has 3 aromatic rings. The van der Waals surface area contributed by atoms with Crippen LogP contribution in [0.1, 0.15) is 16.7 Å². The zero-order chi connectivity index (χ0) is 19.8. The average molecular weight is 370 g/mol. The van der Waals surface area contributed by atoms with Crippen LogP contribution in [0.5, 0.6) is 0 Å². The lowest BCUT2D eigenvalue weighted by Gasteiger charge is -2.09. The molecule has 0 bridgehead atoms. The van der Waals surface area contributed by atoms with E-state index < -0.39 is 17.3 Å². The molecule has 0 aliphatic heterocycles. The van der Waals surface area contributed by atoms with Gasteiger partial charge in [0, 0.05) is 11.8 Å². The molecule has 0 atom stereocenters. The Morgan fingerprint density at radius 1 is 1.11 bits per heavy atom. The number of H-pyrrole nitrogens is 1. The maximum Gasteiger partial charge on any atom is 0.419 e. The summed E-state index contributed by atoms with van der Waals surface area (Å²) >= 11 is 0. The van der Waals surface area contributed by atoms with Crippen molar-refractivity contribution in [1.82, 2.24) is 14.8 Å².